The highest BCUT2D eigenvalue weighted by Crippen LogP contribution is 2.14. The van der Waals surface area contributed by atoms with E-state index in [4.69, 9.17) is 10.00 Å². The van der Waals surface area contributed by atoms with Gasteiger partial charge >= 0.3 is 5.97 Å². The van der Waals surface area contributed by atoms with Crippen molar-refractivity contribution in [3.05, 3.63) is 65.0 Å². The van der Waals surface area contributed by atoms with E-state index in [2.05, 4.69) is 4.98 Å². The molecule has 1 aromatic heterocycles. The SMILES string of the molecule is COC(=O)c1ccc(C#N)nc1Cc1ccccc1. The van der Waals surface area contributed by atoms with Crippen molar-refractivity contribution < 1.29 is 9.53 Å². The van der Waals surface area contributed by atoms with Crippen LogP contribution < -0.4 is 0 Å². The Hall–Kier alpha value is -2.67. The number of hydrogen-bond donors (Lipinski definition) is 0. The maximum absolute atomic E-state index is 11.7. The number of pyridine rings is 1. The molecule has 0 saturated heterocycles. The number of esters is 1. The molecule has 0 aliphatic heterocycles. The van der Waals surface area contributed by atoms with Gasteiger partial charge in [0, 0.05) is 6.42 Å². The van der Waals surface area contributed by atoms with Crippen LogP contribution in [0.5, 0.6) is 0 Å². The van der Waals surface area contributed by atoms with Gasteiger partial charge in [0.2, 0.25) is 0 Å². The number of rotatable bonds is 3. The fraction of sp³-hybridized carbons (Fsp3) is 0.133. The van der Waals surface area contributed by atoms with E-state index in [0.717, 1.165) is 5.56 Å². The van der Waals surface area contributed by atoms with Gasteiger partial charge in [0.05, 0.1) is 18.4 Å². The lowest BCUT2D eigenvalue weighted by atomic mass is 10.0. The molecule has 0 radical (unpaired) electrons. The molecule has 0 spiro atoms. The molecule has 1 aromatic carbocycles. The largest absolute Gasteiger partial charge is 0.465 e. The van der Waals surface area contributed by atoms with Gasteiger partial charge in [-0.05, 0) is 17.7 Å². The van der Waals surface area contributed by atoms with Gasteiger partial charge in [0.25, 0.3) is 0 Å². The molecular weight excluding hydrogens is 240 g/mol. The normalized spacial score (nSPS) is 9.68. The van der Waals surface area contributed by atoms with Gasteiger partial charge in [-0.25, -0.2) is 9.78 Å². The first-order valence-electron chi connectivity index (χ1n) is 5.77. The molecule has 0 aliphatic rings. The van der Waals surface area contributed by atoms with E-state index in [1.54, 1.807) is 6.07 Å². The van der Waals surface area contributed by atoms with E-state index in [9.17, 15) is 4.79 Å². The Bertz CT molecular complexity index is 630. The number of nitrogens with zero attached hydrogens (tertiary/aromatic N) is 2. The summed E-state index contributed by atoms with van der Waals surface area (Å²) in [5, 5.41) is 8.89. The number of carbonyl (C=O) groups is 1. The van der Waals surface area contributed by atoms with Crippen molar-refractivity contribution in [2.24, 2.45) is 0 Å². The predicted octanol–water partition coefficient (Wildman–Crippen LogP) is 2.33. The summed E-state index contributed by atoms with van der Waals surface area (Å²) < 4.78 is 4.73. The van der Waals surface area contributed by atoms with Crippen LogP contribution in [-0.2, 0) is 11.2 Å². The van der Waals surface area contributed by atoms with Crippen LogP contribution in [0.4, 0.5) is 0 Å². The van der Waals surface area contributed by atoms with Gasteiger partial charge in [-0.15, -0.1) is 0 Å². The zero-order valence-electron chi connectivity index (χ0n) is 10.5. The summed E-state index contributed by atoms with van der Waals surface area (Å²) in [7, 11) is 1.33. The second-order valence-electron chi connectivity index (χ2n) is 3.96. The van der Waals surface area contributed by atoms with Crippen LogP contribution in [0, 0.1) is 11.3 Å². The van der Waals surface area contributed by atoms with E-state index in [0.29, 0.717) is 23.4 Å². The van der Waals surface area contributed by atoms with Gasteiger partial charge in [-0.2, -0.15) is 5.26 Å². The van der Waals surface area contributed by atoms with Crippen molar-refractivity contribution in [1.82, 2.24) is 4.98 Å². The topological polar surface area (TPSA) is 63.0 Å². The summed E-state index contributed by atoms with van der Waals surface area (Å²) >= 11 is 0. The first kappa shape index (κ1) is 12.8. The summed E-state index contributed by atoms with van der Waals surface area (Å²) in [4.78, 5) is 15.9. The Morgan fingerprint density at radius 1 is 1.26 bits per heavy atom. The minimum atomic E-state index is -0.442. The Morgan fingerprint density at radius 3 is 2.63 bits per heavy atom. The molecule has 94 valence electrons. The lowest BCUT2D eigenvalue weighted by Gasteiger charge is -2.07. The van der Waals surface area contributed by atoms with E-state index in [1.165, 1.54) is 13.2 Å². The third-order valence-electron chi connectivity index (χ3n) is 2.71. The molecule has 0 N–H and O–H groups in total. The van der Waals surface area contributed by atoms with Crippen LogP contribution in [0.1, 0.15) is 27.3 Å². The molecule has 0 fully saturated rings. The van der Waals surface area contributed by atoms with Crippen molar-refractivity contribution in [2.75, 3.05) is 7.11 Å². The minimum Gasteiger partial charge on any atom is -0.465 e. The second-order valence-corrected chi connectivity index (χ2v) is 3.96. The Morgan fingerprint density at radius 2 is 2.00 bits per heavy atom. The number of carbonyl (C=O) groups excluding carboxylic acids is 1. The Kier molecular flexibility index (Phi) is 3.89. The Labute approximate surface area is 111 Å². The first-order valence-corrected chi connectivity index (χ1v) is 5.77. The number of aromatic nitrogens is 1. The summed E-state index contributed by atoms with van der Waals surface area (Å²) in [5.74, 6) is -0.442. The lowest BCUT2D eigenvalue weighted by Crippen LogP contribution is -2.09. The molecule has 0 saturated carbocycles. The first-order chi connectivity index (χ1) is 9.24. The van der Waals surface area contributed by atoms with Gasteiger partial charge < -0.3 is 4.74 Å². The lowest BCUT2D eigenvalue weighted by molar-refractivity contribution is 0.0599. The van der Waals surface area contributed by atoms with Crippen LogP contribution in [0.25, 0.3) is 0 Å². The van der Waals surface area contributed by atoms with E-state index < -0.39 is 5.97 Å². The predicted molar refractivity (Wildman–Crippen MR) is 69.5 cm³/mol. The number of benzene rings is 1. The van der Waals surface area contributed by atoms with Crippen LogP contribution in [0.15, 0.2) is 42.5 Å². The molecule has 2 aromatic rings. The smallest absolute Gasteiger partial charge is 0.339 e. The minimum absolute atomic E-state index is 0.290. The number of nitriles is 1. The summed E-state index contributed by atoms with van der Waals surface area (Å²) in [6.45, 7) is 0. The molecule has 19 heavy (non-hydrogen) atoms. The zero-order chi connectivity index (χ0) is 13.7. The molecule has 1 heterocycles. The van der Waals surface area contributed by atoms with E-state index in [1.807, 2.05) is 36.4 Å². The number of hydrogen-bond acceptors (Lipinski definition) is 4. The van der Waals surface area contributed by atoms with Crippen molar-refractivity contribution in [3.8, 4) is 6.07 Å². The van der Waals surface area contributed by atoms with Gasteiger partial charge in [-0.3, -0.25) is 0 Å². The maximum Gasteiger partial charge on any atom is 0.339 e. The maximum atomic E-state index is 11.7. The van der Waals surface area contributed by atoms with Crippen LogP contribution >= 0.6 is 0 Å². The fourth-order valence-corrected chi connectivity index (χ4v) is 1.78. The third kappa shape index (κ3) is 2.96. The summed E-state index contributed by atoms with van der Waals surface area (Å²) in [5.41, 5.74) is 2.26. The average Bonchev–Trinajstić information content (AvgIpc) is 2.47. The Balaban J connectivity index is 2.41. The molecular formula is C15H12N2O2. The van der Waals surface area contributed by atoms with Gasteiger partial charge in [0.15, 0.2) is 0 Å². The zero-order valence-corrected chi connectivity index (χ0v) is 10.5. The monoisotopic (exact) mass is 252 g/mol. The van der Waals surface area contributed by atoms with Crippen molar-refractivity contribution >= 4 is 5.97 Å². The van der Waals surface area contributed by atoms with Crippen molar-refractivity contribution in [1.29, 1.82) is 5.26 Å². The molecule has 0 aliphatic carbocycles. The van der Waals surface area contributed by atoms with Crippen LogP contribution in [-0.4, -0.2) is 18.1 Å². The van der Waals surface area contributed by atoms with Crippen molar-refractivity contribution in [2.45, 2.75) is 6.42 Å². The number of ether oxygens (including phenoxy) is 1. The molecule has 2 rings (SSSR count). The van der Waals surface area contributed by atoms with Crippen LogP contribution in [0.3, 0.4) is 0 Å². The fourth-order valence-electron chi connectivity index (χ4n) is 1.78. The van der Waals surface area contributed by atoms with Gasteiger partial charge in [-0.1, -0.05) is 30.3 Å². The standard InChI is InChI=1S/C15H12N2O2/c1-19-15(18)13-8-7-12(10-16)17-14(13)9-11-5-3-2-4-6-11/h2-8H,9H2,1H3. The summed E-state index contributed by atoms with van der Waals surface area (Å²) in [6.07, 6.45) is 0.487. The number of methoxy groups -OCH3 is 1. The van der Waals surface area contributed by atoms with Gasteiger partial charge in [0.1, 0.15) is 11.8 Å². The molecule has 4 heteroatoms. The quantitative estimate of drug-likeness (QED) is 0.786. The highest BCUT2D eigenvalue weighted by atomic mass is 16.5. The highest BCUT2D eigenvalue weighted by Gasteiger charge is 2.14. The average molecular weight is 252 g/mol. The van der Waals surface area contributed by atoms with Crippen molar-refractivity contribution in [3.63, 3.8) is 0 Å². The summed E-state index contributed by atoms with van der Waals surface area (Å²) in [6, 6.07) is 14.7. The molecule has 0 unspecified atom stereocenters. The highest BCUT2D eigenvalue weighted by molar-refractivity contribution is 5.90. The molecule has 4 nitrogen and oxygen atoms in total. The van der Waals surface area contributed by atoms with E-state index in [-0.39, 0.29) is 0 Å². The molecule has 0 amide bonds. The van der Waals surface area contributed by atoms with Crippen LogP contribution in [0.2, 0.25) is 0 Å². The molecule has 0 bridgehead atoms. The second kappa shape index (κ2) is 5.78. The van der Waals surface area contributed by atoms with E-state index >= 15 is 0 Å². The third-order valence-corrected chi connectivity index (χ3v) is 2.71. The molecule has 0 atom stereocenters.